The molecule has 1 aromatic rings. The first-order chi connectivity index (χ1) is 8.90. The lowest BCUT2D eigenvalue weighted by atomic mass is 10.2. The van der Waals surface area contributed by atoms with Crippen molar-refractivity contribution in [2.45, 2.75) is 18.6 Å². The molecule has 0 saturated carbocycles. The lowest BCUT2D eigenvalue weighted by Gasteiger charge is -2.09. The van der Waals surface area contributed by atoms with Crippen LogP contribution < -0.4 is 0 Å². The normalized spacial score (nSPS) is 12.2. The highest BCUT2D eigenvalue weighted by Crippen LogP contribution is 2.12. The van der Waals surface area contributed by atoms with E-state index in [1.54, 1.807) is 14.1 Å². The third-order valence-corrected chi connectivity index (χ3v) is 3.97. The summed E-state index contributed by atoms with van der Waals surface area (Å²) >= 11 is 0. The summed E-state index contributed by atoms with van der Waals surface area (Å²) in [6, 6.07) is 3.22. The van der Waals surface area contributed by atoms with E-state index in [4.69, 9.17) is 0 Å². The third-order valence-electron chi connectivity index (χ3n) is 2.59. The van der Waals surface area contributed by atoms with Crippen LogP contribution in [0.1, 0.15) is 18.4 Å². The van der Waals surface area contributed by atoms with Crippen LogP contribution in [-0.2, 0) is 21.3 Å². The van der Waals surface area contributed by atoms with Gasteiger partial charge in [-0.2, -0.15) is 0 Å². The molecule has 0 bridgehead atoms. The molecule has 1 rings (SSSR count). The second-order valence-corrected chi connectivity index (χ2v) is 5.99. The molecule has 1 aromatic carbocycles. The fourth-order valence-corrected chi connectivity index (χ4v) is 2.68. The molecule has 0 N–H and O–H groups in total. The maximum absolute atomic E-state index is 13.3. The molecule has 0 radical (unpaired) electrons. The molecule has 0 spiro atoms. The molecule has 3 nitrogen and oxygen atoms in total. The average molecular weight is 289 g/mol. The predicted octanol–water partition coefficient (Wildman–Crippen LogP) is 2.08. The van der Waals surface area contributed by atoms with Crippen molar-refractivity contribution < 1.29 is 17.8 Å². The number of nitrogens with zero attached hydrogens (tertiary/aromatic N) is 1. The Morgan fingerprint density at radius 3 is 2.58 bits per heavy atom. The molecule has 0 saturated heterocycles. The van der Waals surface area contributed by atoms with Gasteiger partial charge in [0, 0.05) is 48.7 Å². The predicted molar refractivity (Wildman–Crippen MR) is 71.0 cm³/mol. The highest BCUT2D eigenvalue weighted by Gasteiger charge is 2.09. The van der Waals surface area contributed by atoms with E-state index in [0.29, 0.717) is 18.6 Å². The van der Waals surface area contributed by atoms with Crippen molar-refractivity contribution in [3.63, 3.8) is 0 Å². The first kappa shape index (κ1) is 15.8. The van der Waals surface area contributed by atoms with Gasteiger partial charge in [-0.1, -0.05) is 6.07 Å². The number of carbonyl (C=O) groups excluding carboxylic acids is 1. The van der Waals surface area contributed by atoms with Crippen LogP contribution in [0.2, 0.25) is 0 Å². The van der Waals surface area contributed by atoms with E-state index in [1.807, 2.05) is 0 Å². The largest absolute Gasteiger partial charge is 0.349 e. The van der Waals surface area contributed by atoms with Crippen LogP contribution in [0.5, 0.6) is 0 Å². The van der Waals surface area contributed by atoms with Crippen molar-refractivity contribution in [3.05, 3.63) is 35.4 Å². The molecule has 6 heteroatoms. The monoisotopic (exact) mass is 289 g/mol. The Bertz CT molecular complexity index is 478. The number of halogens is 2. The van der Waals surface area contributed by atoms with Crippen LogP contribution in [0.4, 0.5) is 8.78 Å². The van der Waals surface area contributed by atoms with Crippen molar-refractivity contribution in [2.75, 3.05) is 19.8 Å². The Kier molecular flexibility index (Phi) is 6.08. The molecule has 0 aromatic heterocycles. The number of benzene rings is 1. The Balaban J connectivity index is 2.41. The van der Waals surface area contributed by atoms with Crippen molar-refractivity contribution in [1.82, 2.24) is 4.90 Å². The van der Waals surface area contributed by atoms with E-state index in [1.165, 1.54) is 11.0 Å². The van der Waals surface area contributed by atoms with Gasteiger partial charge in [-0.15, -0.1) is 0 Å². The summed E-state index contributed by atoms with van der Waals surface area (Å²) in [6.45, 7) is 0. The Morgan fingerprint density at radius 2 is 2.00 bits per heavy atom. The Morgan fingerprint density at radius 1 is 1.32 bits per heavy atom. The number of amides is 1. The van der Waals surface area contributed by atoms with E-state index in [-0.39, 0.29) is 17.2 Å². The molecule has 0 fully saturated rings. The van der Waals surface area contributed by atoms with Crippen molar-refractivity contribution in [2.24, 2.45) is 0 Å². The molecule has 0 heterocycles. The van der Waals surface area contributed by atoms with E-state index in [2.05, 4.69) is 0 Å². The summed E-state index contributed by atoms with van der Waals surface area (Å²) in [6.07, 6.45) is 0.817. The summed E-state index contributed by atoms with van der Waals surface area (Å²) in [4.78, 5) is 12.8. The lowest BCUT2D eigenvalue weighted by molar-refractivity contribution is -0.128. The molecular formula is C13H17F2NO2S. The minimum atomic E-state index is -1.25. The Labute approximate surface area is 114 Å². The molecule has 0 aliphatic heterocycles. The molecule has 0 aliphatic carbocycles. The highest BCUT2D eigenvalue weighted by atomic mass is 32.2. The maximum atomic E-state index is 13.3. The summed E-state index contributed by atoms with van der Waals surface area (Å²) < 4.78 is 37.8. The average Bonchev–Trinajstić information content (AvgIpc) is 2.32. The molecule has 1 amide bonds. The molecule has 106 valence electrons. The van der Waals surface area contributed by atoms with Gasteiger partial charge in [0.1, 0.15) is 11.6 Å². The van der Waals surface area contributed by atoms with Crippen LogP contribution in [0, 0.1) is 11.6 Å². The van der Waals surface area contributed by atoms with Gasteiger partial charge in [0.15, 0.2) is 0 Å². The minimum Gasteiger partial charge on any atom is -0.349 e. The van der Waals surface area contributed by atoms with Crippen molar-refractivity contribution in [3.8, 4) is 0 Å². The van der Waals surface area contributed by atoms with E-state index >= 15 is 0 Å². The SMILES string of the molecule is CN(C)C(=O)CCC[S@@](=O)Cc1ccc(F)cc1F. The van der Waals surface area contributed by atoms with E-state index in [0.717, 1.165) is 12.1 Å². The van der Waals surface area contributed by atoms with Crippen LogP contribution in [0.3, 0.4) is 0 Å². The number of hydrogen-bond donors (Lipinski definition) is 0. The maximum Gasteiger partial charge on any atom is 0.222 e. The zero-order chi connectivity index (χ0) is 14.4. The highest BCUT2D eigenvalue weighted by molar-refractivity contribution is 7.84. The van der Waals surface area contributed by atoms with Gasteiger partial charge in [-0.05, 0) is 12.5 Å². The van der Waals surface area contributed by atoms with Gasteiger partial charge in [-0.25, -0.2) is 8.78 Å². The standard InChI is InChI=1S/C13H17F2NO2S/c1-16(2)13(17)4-3-7-19(18)9-10-5-6-11(14)8-12(10)15/h5-6,8H,3-4,7,9H2,1-2H3/t19-/m1/s1. The van der Waals surface area contributed by atoms with Crippen LogP contribution in [-0.4, -0.2) is 34.9 Å². The molecule has 0 aliphatic rings. The smallest absolute Gasteiger partial charge is 0.222 e. The van der Waals surface area contributed by atoms with E-state index < -0.39 is 22.4 Å². The van der Waals surface area contributed by atoms with Gasteiger partial charge in [0.2, 0.25) is 5.91 Å². The molecular weight excluding hydrogens is 272 g/mol. The first-order valence-electron chi connectivity index (χ1n) is 5.89. The second-order valence-electron chi connectivity index (χ2n) is 4.42. The Hall–Kier alpha value is -1.30. The van der Waals surface area contributed by atoms with Gasteiger partial charge in [0.25, 0.3) is 0 Å². The van der Waals surface area contributed by atoms with Crippen LogP contribution >= 0.6 is 0 Å². The van der Waals surface area contributed by atoms with E-state index in [9.17, 15) is 17.8 Å². The number of carbonyl (C=O) groups is 1. The summed E-state index contributed by atoms with van der Waals surface area (Å²) in [5.41, 5.74) is 0.235. The van der Waals surface area contributed by atoms with Crippen LogP contribution in [0.25, 0.3) is 0 Å². The quantitative estimate of drug-likeness (QED) is 0.804. The third kappa shape index (κ3) is 5.46. The summed E-state index contributed by atoms with van der Waals surface area (Å²) in [7, 11) is 2.07. The molecule has 19 heavy (non-hydrogen) atoms. The van der Waals surface area contributed by atoms with Crippen molar-refractivity contribution >= 4 is 16.7 Å². The second kappa shape index (κ2) is 7.33. The van der Waals surface area contributed by atoms with Gasteiger partial charge in [0.05, 0.1) is 5.75 Å². The first-order valence-corrected chi connectivity index (χ1v) is 7.38. The summed E-state index contributed by atoms with van der Waals surface area (Å²) in [5, 5.41) is 0. The topological polar surface area (TPSA) is 37.4 Å². The lowest BCUT2D eigenvalue weighted by Crippen LogP contribution is -2.21. The summed E-state index contributed by atoms with van der Waals surface area (Å²) in [5.74, 6) is -0.982. The fourth-order valence-electron chi connectivity index (χ4n) is 1.49. The zero-order valence-electron chi connectivity index (χ0n) is 11.0. The van der Waals surface area contributed by atoms with Crippen molar-refractivity contribution in [1.29, 1.82) is 0 Å². The van der Waals surface area contributed by atoms with Gasteiger partial charge >= 0.3 is 0 Å². The molecule has 1 atom stereocenters. The number of rotatable bonds is 6. The van der Waals surface area contributed by atoms with Gasteiger partial charge in [-0.3, -0.25) is 9.00 Å². The van der Waals surface area contributed by atoms with Crippen LogP contribution in [0.15, 0.2) is 18.2 Å². The minimum absolute atomic E-state index is 0.0232. The zero-order valence-corrected chi connectivity index (χ0v) is 11.8. The van der Waals surface area contributed by atoms with Gasteiger partial charge < -0.3 is 4.90 Å². The number of hydrogen-bond acceptors (Lipinski definition) is 2. The molecule has 0 unspecified atom stereocenters. The fraction of sp³-hybridized carbons (Fsp3) is 0.462.